The van der Waals surface area contributed by atoms with E-state index >= 15 is 0 Å². The number of oxazole rings is 1. The molecule has 0 radical (unpaired) electrons. The van der Waals surface area contributed by atoms with E-state index in [9.17, 15) is 8.42 Å². The quantitative estimate of drug-likeness (QED) is 0.647. The lowest BCUT2D eigenvalue weighted by molar-refractivity contribution is 0.179. The first-order chi connectivity index (χ1) is 12.5. The monoisotopic (exact) mass is 409 g/mol. The summed E-state index contributed by atoms with van der Waals surface area (Å²) in [6, 6.07) is 7.41. The number of aromatic nitrogens is 1. The van der Waals surface area contributed by atoms with Crippen LogP contribution in [0.2, 0.25) is 0 Å². The average Bonchev–Trinajstić information content (AvgIpc) is 3.38. The summed E-state index contributed by atoms with van der Waals surface area (Å²) >= 11 is 2.87. The van der Waals surface area contributed by atoms with Crippen LogP contribution in [0.25, 0.3) is 10.8 Å². The Morgan fingerprint density at radius 3 is 2.50 bits per heavy atom. The summed E-state index contributed by atoms with van der Waals surface area (Å²) in [6.45, 7) is 4.96. The Hall–Kier alpha value is -1.52. The highest BCUT2D eigenvalue weighted by Crippen LogP contribution is 2.27. The lowest BCUT2D eigenvalue weighted by Crippen LogP contribution is -2.48. The van der Waals surface area contributed by atoms with Crippen LogP contribution in [0.3, 0.4) is 0 Å². The third-order valence-electron chi connectivity index (χ3n) is 4.42. The normalized spacial score (nSPS) is 17.0. The molecule has 3 aromatic heterocycles. The molecule has 0 saturated carbocycles. The second kappa shape index (κ2) is 7.24. The van der Waals surface area contributed by atoms with Crippen molar-refractivity contribution in [1.82, 2.24) is 14.2 Å². The van der Waals surface area contributed by atoms with Crippen molar-refractivity contribution < 1.29 is 12.8 Å². The first kappa shape index (κ1) is 17.9. The fourth-order valence-electron chi connectivity index (χ4n) is 2.96. The largest absolute Gasteiger partial charge is 0.440 e. The molecule has 6 nitrogen and oxygen atoms in total. The first-order valence-corrected chi connectivity index (χ1v) is 11.5. The molecule has 4 rings (SSSR count). The van der Waals surface area contributed by atoms with Crippen molar-refractivity contribution in [3.05, 3.63) is 46.5 Å². The standard InChI is InChI=1S/C17H19N3O3S3/c1-13-14(18-17(23-13)15-4-2-10-24-15)12-19-6-8-20(9-7-19)26(21,22)16-5-3-11-25-16/h2-5,10-11H,6-9,12H2,1H3. The summed E-state index contributed by atoms with van der Waals surface area (Å²) in [4.78, 5) is 7.87. The second-order valence-corrected chi connectivity index (χ2v) is 10.2. The average molecular weight is 410 g/mol. The smallest absolute Gasteiger partial charge is 0.252 e. The minimum absolute atomic E-state index is 0.416. The molecule has 26 heavy (non-hydrogen) atoms. The molecule has 4 heterocycles. The molecule has 9 heteroatoms. The van der Waals surface area contributed by atoms with Gasteiger partial charge in [-0.1, -0.05) is 12.1 Å². The maximum absolute atomic E-state index is 12.6. The molecule has 1 aliphatic heterocycles. The Morgan fingerprint density at radius 1 is 1.12 bits per heavy atom. The van der Waals surface area contributed by atoms with Crippen LogP contribution in [0.1, 0.15) is 11.5 Å². The van der Waals surface area contributed by atoms with Gasteiger partial charge >= 0.3 is 0 Å². The summed E-state index contributed by atoms with van der Waals surface area (Å²) in [6.07, 6.45) is 0. The fourth-order valence-corrected chi connectivity index (χ4v) is 6.17. The first-order valence-electron chi connectivity index (χ1n) is 8.30. The van der Waals surface area contributed by atoms with E-state index in [-0.39, 0.29) is 0 Å². The van der Waals surface area contributed by atoms with Crippen LogP contribution < -0.4 is 0 Å². The second-order valence-electron chi connectivity index (χ2n) is 6.11. The van der Waals surface area contributed by atoms with Crippen LogP contribution in [0.15, 0.2) is 43.7 Å². The van der Waals surface area contributed by atoms with E-state index in [2.05, 4.69) is 9.88 Å². The van der Waals surface area contributed by atoms with Crippen LogP contribution >= 0.6 is 22.7 Å². The zero-order valence-electron chi connectivity index (χ0n) is 14.3. The topological polar surface area (TPSA) is 66.7 Å². The minimum Gasteiger partial charge on any atom is -0.440 e. The van der Waals surface area contributed by atoms with E-state index in [0.29, 0.717) is 42.8 Å². The summed E-state index contributed by atoms with van der Waals surface area (Å²) < 4.78 is 33.0. The maximum Gasteiger partial charge on any atom is 0.252 e. The zero-order chi connectivity index (χ0) is 18.1. The van der Waals surface area contributed by atoms with Crippen molar-refractivity contribution in [2.24, 2.45) is 0 Å². The Labute approximate surface area is 160 Å². The third-order valence-corrected chi connectivity index (χ3v) is 8.55. The van der Waals surface area contributed by atoms with E-state index in [1.807, 2.05) is 24.4 Å². The molecule has 0 amide bonds. The molecule has 0 N–H and O–H groups in total. The zero-order valence-corrected chi connectivity index (χ0v) is 16.7. The Kier molecular flexibility index (Phi) is 4.98. The highest BCUT2D eigenvalue weighted by atomic mass is 32.2. The van der Waals surface area contributed by atoms with Crippen LogP contribution in [-0.2, 0) is 16.6 Å². The SMILES string of the molecule is Cc1oc(-c2cccs2)nc1CN1CCN(S(=O)(=O)c2cccs2)CC1. The third kappa shape index (κ3) is 3.49. The van der Waals surface area contributed by atoms with Crippen LogP contribution in [0, 0.1) is 6.92 Å². The van der Waals surface area contributed by atoms with E-state index in [1.54, 1.807) is 33.2 Å². The lowest BCUT2D eigenvalue weighted by Gasteiger charge is -2.33. The Morgan fingerprint density at radius 2 is 1.85 bits per heavy atom. The number of nitrogens with zero attached hydrogens (tertiary/aromatic N) is 3. The van der Waals surface area contributed by atoms with Gasteiger partial charge in [-0.15, -0.1) is 22.7 Å². The van der Waals surface area contributed by atoms with Crippen LogP contribution in [0.4, 0.5) is 0 Å². The van der Waals surface area contributed by atoms with E-state index in [0.717, 1.165) is 16.3 Å². The highest BCUT2D eigenvalue weighted by Gasteiger charge is 2.29. The lowest BCUT2D eigenvalue weighted by atomic mass is 10.3. The summed E-state index contributed by atoms with van der Waals surface area (Å²) in [5.41, 5.74) is 0.919. The molecular formula is C17H19N3O3S3. The number of thiophene rings is 2. The van der Waals surface area contributed by atoms with Gasteiger partial charge in [0.2, 0.25) is 5.89 Å². The van der Waals surface area contributed by atoms with E-state index in [4.69, 9.17) is 4.42 Å². The van der Waals surface area contributed by atoms with Gasteiger partial charge in [0.1, 0.15) is 9.97 Å². The summed E-state index contributed by atoms with van der Waals surface area (Å²) in [7, 11) is -3.36. The number of piperazine rings is 1. The van der Waals surface area contributed by atoms with Crippen molar-refractivity contribution in [2.45, 2.75) is 17.7 Å². The van der Waals surface area contributed by atoms with Crippen molar-refractivity contribution in [1.29, 1.82) is 0 Å². The molecule has 1 fully saturated rings. The van der Waals surface area contributed by atoms with Crippen molar-refractivity contribution in [2.75, 3.05) is 26.2 Å². The summed E-state index contributed by atoms with van der Waals surface area (Å²) in [5, 5.41) is 3.80. The number of aryl methyl sites for hydroxylation is 1. The minimum atomic E-state index is -3.36. The molecule has 0 aromatic carbocycles. The molecule has 0 atom stereocenters. The van der Waals surface area contributed by atoms with E-state index in [1.165, 1.54) is 11.3 Å². The molecule has 1 aliphatic rings. The maximum atomic E-state index is 12.6. The Balaban J connectivity index is 1.40. The van der Waals surface area contributed by atoms with Gasteiger partial charge in [0, 0.05) is 32.7 Å². The Bertz CT molecular complexity index is 954. The van der Waals surface area contributed by atoms with Gasteiger partial charge in [0.25, 0.3) is 10.0 Å². The van der Waals surface area contributed by atoms with Gasteiger partial charge in [-0.3, -0.25) is 4.90 Å². The number of hydrogen-bond acceptors (Lipinski definition) is 7. The predicted molar refractivity (Wildman–Crippen MR) is 103 cm³/mol. The van der Waals surface area contributed by atoms with Gasteiger partial charge in [-0.25, -0.2) is 13.4 Å². The predicted octanol–water partition coefficient (Wildman–Crippen LogP) is 3.28. The van der Waals surface area contributed by atoms with Gasteiger partial charge < -0.3 is 4.42 Å². The van der Waals surface area contributed by atoms with Crippen molar-refractivity contribution in [3.8, 4) is 10.8 Å². The van der Waals surface area contributed by atoms with Crippen molar-refractivity contribution >= 4 is 32.7 Å². The molecule has 0 unspecified atom stereocenters. The summed E-state index contributed by atoms with van der Waals surface area (Å²) in [5.74, 6) is 1.48. The molecule has 3 aromatic rings. The number of sulfonamides is 1. The highest BCUT2D eigenvalue weighted by molar-refractivity contribution is 7.91. The van der Waals surface area contributed by atoms with Gasteiger partial charge in [0.15, 0.2) is 0 Å². The van der Waals surface area contributed by atoms with Crippen LogP contribution in [-0.4, -0.2) is 48.8 Å². The number of rotatable bonds is 5. The van der Waals surface area contributed by atoms with Gasteiger partial charge in [-0.2, -0.15) is 4.31 Å². The molecule has 1 saturated heterocycles. The van der Waals surface area contributed by atoms with Gasteiger partial charge in [0.05, 0.1) is 10.6 Å². The molecule has 138 valence electrons. The molecule has 0 bridgehead atoms. The molecule has 0 spiro atoms. The van der Waals surface area contributed by atoms with E-state index < -0.39 is 10.0 Å². The number of hydrogen-bond donors (Lipinski definition) is 0. The van der Waals surface area contributed by atoms with Crippen LogP contribution in [0.5, 0.6) is 0 Å². The molecular weight excluding hydrogens is 390 g/mol. The molecule has 0 aliphatic carbocycles. The van der Waals surface area contributed by atoms with Crippen molar-refractivity contribution in [3.63, 3.8) is 0 Å². The fraction of sp³-hybridized carbons (Fsp3) is 0.353. The van der Waals surface area contributed by atoms with Gasteiger partial charge in [-0.05, 0) is 29.8 Å².